The van der Waals surface area contributed by atoms with Gasteiger partial charge in [-0.3, -0.25) is 9.69 Å². The second kappa shape index (κ2) is 6.44. The zero-order valence-corrected chi connectivity index (χ0v) is 14.3. The molecule has 21 heavy (non-hydrogen) atoms. The van der Waals surface area contributed by atoms with Crippen molar-refractivity contribution < 1.29 is 14.3 Å². The lowest BCUT2D eigenvalue weighted by molar-refractivity contribution is -0.121. The largest absolute Gasteiger partial charge is 0.493 e. The molecule has 1 aliphatic rings. The third-order valence-electron chi connectivity index (χ3n) is 2.96. The number of nitrogens with one attached hydrogen (secondary N) is 1. The number of benzene rings is 1. The Balaban J connectivity index is 2.43. The topological polar surface area (TPSA) is 50.8 Å². The summed E-state index contributed by atoms with van der Waals surface area (Å²) < 4.78 is 11.6. The molecule has 1 aromatic carbocycles. The highest BCUT2D eigenvalue weighted by molar-refractivity contribution is 9.10. The number of nitrogens with zero attached hydrogens (tertiary/aromatic N) is 1. The summed E-state index contributed by atoms with van der Waals surface area (Å²) in [6.45, 7) is 2.42. The summed E-state index contributed by atoms with van der Waals surface area (Å²) in [6, 6.07) is 3.62. The van der Waals surface area contributed by atoms with E-state index in [1.807, 2.05) is 13.0 Å². The Morgan fingerprint density at radius 1 is 1.43 bits per heavy atom. The van der Waals surface area contributed by atoms with Gasteiger partial charge in [-0.15, -0.1) is 0 Å². The van der Waals surface area contributed by atoms with Crippen molar-refractivity contribution in [2.24, 2.45) is 0 Å². The number of hydrogen-bond acceptors (Lipinski definition) is 4. The second-order valence-electron chi connectivity index (χ2n) is 4.31. The van der Waals surface area contributed by atoms with E-state index >= 15 is 0 Å². The molecule has 1 fully saturated rings. The van der Waals surface area contributed by atoms with Gasteiger partial charge in [0.15, 0.2) is 16.6 Å². The molecule has 1 heterocycles. The fourth-order valence-electron chi connectivity index (χ4n) is 1.87. The summed E-state index contributed by atoms with van der Waals surface area (Å²) in [5.41, 5.74) is 1.23. The Morgan fingerprint density at radius 2 is 2.14 bits per heavy atom. The van der Waals surface area contributed by atoms with E-state index in [-0.39, 0.29) is 5.91 Å². The lowest BCUT2D eigenvalue weighted by Crippen LogP contribution is -2.25. The zero-order valence-electron chi connectivity index (χ0n) is 11.9. The summed E-state index contributed by atoms with van der Waals surface area (Å²) in [5.74, 6) is 1.08. The predicted octanol–water partition coefficient (Wildman–Crippen LogP) is 2.54. The molecule has 1 saturated heterocycles. The number of methoxy groups -OCH3 is 1. The zero-order chi connectivity index (χ0) is 15.6. The number of ether oxygens (including phenoxy) is 2. The van der Waals surface area contributed by atoms with Gasteiger partial charge in [0, 0.05) is 11.5 Å². The fraction of sp³-hybridized carbons (Fsp3) is 0.286. The number of carbonyl (C=O) groups is 1. The van der Waals surface area contributed by atoms with Crippen LogP contribution in [0.1, 0.15) is 12.5 Å². The molecule has 112 valence electrons. The van der Waals surface area contributed by atoms with Gasteiger partial charge in [0.1, 0.15) is 5.70 Å². The third kappa shape index (κ3) is 3.19. The van der Waals surface area contributed by atoms with Crippen molar-refractivity contribution in [2.75, 3.05) is 20.8 Å². The molecule has 7 heteroatoms. The van der Waals surface area contributed by atoms with Gasteiger partial charge < -0.3 is 14.8 Å². The molecule has 5 nitrogen and oxygen atoms in total. The summed E-state index contributed by atoms with van der Waals surface area (Å²) >= 11 is 8.51. The van der Waals surface area contributed by atoms with E-state index in [4.69, 9.17) is 21.7 Å². The van der Waals surface area contributed by atoms with Crippen molar-refractivity contribution in [3.63, 3.8) is 0 Å². The third-order valence-corrected chi connectivity index (χ3v) is 4.03. The number of hydrogen-bond donors (Lipinski definition) is 1. The number of rotatable bonds is 4. The summed E-state index contributed by atoms with van der Waals surface area (Å²) in [4.78, 5) is 13.4. The Morgan fingerprint density at radius 3 is 2.67 bits per heavy atom. The monoisotopic (exact) mass is 370 g/mol. The predicted molar refractivity (Wildman–Crippen MR) is 88.3 cm³/mol. The lowest BCUT2D eigenvalue weighted by atomic mass is 10.1. The molecule has 0 saturated carbocycles. The van der Waals surface area contributed by atoms with Gasteiger partial charge in [-0.1, -0.05) is 15.9 Å². The van der Waals surface area contributed by atoms with Crippen molar-refractivity contribution in [1.82, 2.24) is 10.2 Å². The van der Waals surface area contributed by atoms with E-state index in [0.29, 0.717) is 28.9 Å². The first-order chi connectivity index (χ1) is 9.97. The maximum absolute atomic E-state index is 12.0. The normalized spacial score (nSPS) is 16.4. The minimum atomic E-state index is -0.166. The summed E-state index contributed by atoms with van der Waals surface area (Å²) in [5, 5.41) is 3.27. The van der Waals surface area contributed by atoms with Crippen LogP contribution in [0.25, 0.3) is 6.08 Å². The van der Waals surface area contributed by atoms with Crippen LogP contribution in [-0.2, 0) is 4.79 Å². The molecular formula is C14H15BrN2O3S. The Labute approximate surface area is 137 Å². The van der Waals surface area contributed by atoms with Crippen molar-refractivity contribution in [3.8, 4) is 11.5 Å². The van der Waals surface area contributed by atoms with Crippen LogP contribution in [0.15, 0.2) is 22.3 Å². The van der Waals surface area contributed by atoms with Gasteiger partial charge in [0.05, 0.1) is 13.7 Å². The molecule has 1 amide bonds. The molecule has 1 aliphatic heterocycles. The second-order valence-corrected chi connectivity index (χ2v) is 5.55. The first kappa shape index (κ1) is 15.8. The molecule has 0 atom stereocenters. The molecule has 0 radical (unpaired) electrons. The number of carbonyl (C=O) groups excluding carboxylic acids is 1. The number of amides is 1. The minimum absolute atomic E-state index is 0.166. The van der Waals surface area contributed by atoms with E-state index in [9.17, 15) is 4.79 Å². The first-order valence-corrected chi connectivity index (χ1v) is 7.49. The lowest BCUT2D eigenvalue weighted by Gasteiger charge is -2.11. The molecular weight excluding hydrogens is 356 g/mol. The Kier molecular flexibility index (Phi) is 4.84. The van der Waals surface area contributed by atoms with Crippen LogP contribution in [0.3, 0.4) is 0 Å². The average molecular weight is 371 g/mol. The smallest absolute Gasteiger partial charge is 0.276 e. The minimum Gasteiger partial charge on any atom is -0.493 e. The van der Waals surface area contributed by atoms with Crippen LogP contribution in [0, 0.1) is 0 Å². The standard InChI is InChI=1S/C14H15BrN2O3S/c1-4-20-12-6-8(9(15)7-11(12)19-3)5-10-13(18)17(2)14(21)16-10/h5-7H,4H2,1-3H3,(H,16,21)/b10-5+. The van der Waals surface area contributed by atoms with Gasteiger partial charge in [-0.05, 0) is 42.9 Å². The molecule has 1 aromatic rings. The van der Waals surface area contributed by atoms with E-state index < -0.39 is 0 Å². The molecule has 0 bridgehead atoms. The molecule has 2 rings (SSSR count). The van der Waals surface area contributed by atoms with E-state index in [1.54, 1.807) is 26.3 Å². The maximum atomic E-state index is 12.0. The summed E-state index contributed by atoms with van der Waals surface area (Å²) in [6.07, 6.45) is 1.73. The average Bonchev–Trinajstić information content (AvgIpc) is 2.70. The van der Waals surface area contributed by atoms with Gasteiger partial charge >= 0.3 is 0 Å². The van der Waals surface area contributed by atoms with E-state index in [1.165, 1.54) is 4.90 Å². The van der Waals surface area contributed by atoms with Gasteiger partial charge in [-0.2, -0.15) is 0 Å². The van der Waals surface area contributed by atoms with Crippen molar-refractivity contribution in [2.45, 2.75) is 6.92 Å². The molecule has 0 unspecified atom stereocenters. The highest BCUT2D eigenvalue weighted by atomic mass is 79.9. The van der Waals surface area contributed by atoms with Crippen LogP contribution in [0.5, 0.6) is 11.5 Å². The van der Waals surface area contributed by atoms with Crippen LogP contribution in [0.4, 0.5) is 0 Å². The number of thiocarbonyl (C=S) groups is 1. The van der Waals surface area contributed by atoms with Crippen LogP contribution in [-0.4, -0.2) is 36.7 Å². The van der Waals surface area contributed by atoms with Crippen molar-refractivity contribution >= 4 is 45.2 Å². The SMILES string of the molecule is CCOc1cc(/C=C2/NC(=S)N(C)C2=O)c(Br)cc1OC. The fourth-order valence-corrected chi connectivity index (χ4v) is 2.50. The van der Waals surface area contributed by atoms with Crippen molar-refractivity contribution in [1.29, 1.82) is 0 Å². The van der Waals surface area contributed by atoms with Gasteiger partial charge in [0.2, 0.25) is 0 Å². The van der Waals surface area contributed by atoms with E-state index in [0.717, 1.165) is 10.0 Å². The van der Waals surface area contributed by atoms with E-state index in [2.05, 4.69) is 21.2 Å². The molecule has 0 spiro atoms. The Hall–Kier alpha value is -1.60. The molecule has 1 N–H and O–H groups in total. The van der Waals surface area contributed by atoms with Crippen LogP contribution in [0.2, 0.25) is 0 Å². The highest BCUT2D eigenvalue weighted by Gasteiger charge is 2.27. The molecule has 0 aromatic heterocycles. The Bertz CT molecular complexity index is 631. The van der Waals surface area contributed by atoms with Gasteiger partial charge in [0.25, 0.3) is 5.91 Å². The van der Waals surface area contributed by atoms with Crippen LogP contribution >= 0.6 is 28.1 Å². The highest BCUT2D eigenvalue weighted by Crippen LogP contribution is 2.34. The molecule has 0 aliphatic carbocycles. The quantitative estimate of drug-likeness (QED) is 0.651. The number of likely N-dealkylation sites (N-methyl/N-ethyl adjacent to an activating group) is 1. The van der Waals surface area contributed by atoms with Crippen LogP contribution < -0.4 is 14.8 Å². The first-order valence-electron chi connectivity index (χ1n) is 6.29. The maximum Gasteiger partial charge on any atom is 0.276 e. The summed E-state index contributed by atoms with van der Waals surface area (Å²) in [7, 11) is 3.21. The van der Waals surface area contributed by atoms with Crippen molar-refractivity contribution in [3.05, 3.63) is 27.9 Å². The number of halogens is 1. The van der Waals surface area contributed by atoms with Gasteiger partial charge in [-0.25, -0.2) is 0 Å².